The molecule has 1 aromatic heterocycles. The van der Waals surface area contributed by atoms with Gasteiger partial charge in [-0.1, -0.05) is 52.7 Å². The molecule has 0 spiro atoms. The molecule has 3 aromatic rings. The molecule has 0 aliphatic rings. The lowest BCUT2D eigenvalue weighted by molar-refractivity contribution is -0.116. The number of halogens is 1. The number of aryl methyl sites for hydroxylation is 3. The summed E-state index contributed by atoms with van der Waals surface area (Å²) in [7, 11) is 0. The van der Waals surface area contributed by atoms with Crippen molar-refractivity contribution in [2.45, 2.75) is 26.7 Å². The molecule has 0 radical (unpaired) electrons. The summed E-state index contributed by atoms with van der Waals surface area (Å²) in [6.07, 6.45) is 0.605. The molecule has 0 saturated heterocycles. The fourth-order valence-corrected chi connectivity index (χ4v) is 2.61. The lowest BCUT2D eigenvalue weighted by Gasteiger charge is -2.07. The third kappa shape index (κ3) is 4.45. The largest absolute Gasteiger partial charge is 0.339 e. The highest BCUT2D eigenvalue weighted by molar-refractivity contribution is 6.33. The van der Waals surface area contributed by atoms with Crippen molar-refractivity contribution >= 4 is 23.2 Å². The van der Waals surface area contributed by atoms with Gasteiger partial charge in [0, 0.05) is 18.4 Å². The van der Waals surface area contributed by atoms with Crippen molar-refractivity contribution in [3.8, 4) is 11.4 Å². The van der Waals surface area contributed by atoms with Gasteiger partial charge in [0.15, 0.2) is 0 Å². The third-order valence-corrected chi connectivity index (χ3v) is 4.06. The number of nitrogens with one attached hydrogen (secondary N) is 1. The fourth-order valence-electron chi connectivity index (χ4n) is 2.33. The van der Waals surface area contributed by atoms with Crippen molar-refractivity contribution in [3.63, 3.8) is 0 Å². The van der Waals surface area contributed by atoms with Gasteiger partial charge in [-0.3, -0.25) is 4.79 Å². The lowest BCUT2D eigenvalue weighted by Crippen LogP contribution is -2.12. The molecule has 2 aromatic carbocycles. The van der Waals surface area contributed by atoms with E-state index in [9.17, 15) is 4.79 Å². The molecule has 0 aliphatic heterocycles. The van der Waals surface area contributed by atoms with Gasteiger partial charge in [0.05, 0.1) is 10.7 Å². The summed E-state index contributed by atoms with van der Waals surface area (Å²) in [4.78, 5) is 16.4. The van der Waals surface area contributed by atoms with Crippen molar-refractivity contribution < 1.29 is 9.32 Å². The van der Waals surface area contributed by atoms with E-state index < -0.39 is 0 Å². The van der Waals surface area contributed by atoms with Crippen molar-refractivity contribution in [2.24, 2.45) is 0 Å². The van der Waals surface area contributed by atoms with Crippen molar-refractivity contribution in [1.29, 1.82) is 0 Å². The molecule has 1 heterocycles. The quantitative estimate of drug-likeness (QED) is 0.727. The van der Waals surface area contributed by atoms with Gasteiger partial charge >= 0.3 is 0 Å². The second-order valence-electron chi connectivity index (χ2n) is 5.91. The number of amides is 1. The van der Waals surface area contributed by atoms with Gasteiger partial charge in [0.25, 0.3) is 0 Å². The number of carbonyl (C=O) groups excluding carboxylic acids is 1. The summed E-state index contributed by atoms with van der Waals surface area (Å²) in [6.45, 7) is 3.96. The van der Waals surface area contributed by atoms with Crippen LogP contribution in [0.1, 0.15) is 23.4 Å². The summed E-state index contributed by atoms with van der Waals surface area (Å²) in [5.41, 5.74) is 3.69. The van der Waals surface area contributed by atoms with Gasteiger partial charge in [-0.05, 0) is 31.5 Å². The van der Waals surface area contributed by atoms with Crippen LogP contribution >= 0.6 is 11.6 Å². The lowest BCUT2D eigenvalue weighted by atomic mass is 10.1. The number of anilines is 1. The maximum Gasteiger partial charge on any atom is 0.227 e. The molecule has 3 rings (SSSR count). The molecular formula is C19H18ClN3O2. The minimum Gasteiger partial charge on any atom is -0.339 e. The molecule has 0 saturated carbocycles. The molecule has 0 fully saturated rings. The number of aromatic nitrogens is 2. The maximum absolute atomic E-state index is 12.1. The Kier molecular flexibility index (Phi) is 5.14. The molecule has 25 heavy (non-hydrogen) atoms. The normalized spacial score (nSPS) is 10.7. The van der Waals surface area contributed by atoms with Gasteiger partial charge < -0.3 is 9.84 Å². The fraction of sp³-hybridized carbons (Fsp3) is 0.211. The molecule has 0 unspecified atom stereocenters. The van der Waals surface area contributed by atoms with E-state index in [0.717, 1.165) is 11.1 Å². The summed E-state index contributed by atoms with van der Waals surface area (Å²) in [5, 5.41) is 7.28. The van der Waals surface area contributed by atoms with Crippen molar-refractivity contribution in [3.05, 3.63) is 64.5 Å². The topological polar surface area (TPSA) is 68.0 Å². The van der Waals surface area contributed by atoms with Gasteiger partial charge in [0.2, 0.25) is 17.6 Å². The van der Waals surface area contributed by atoms with E-state index in [1.165, 1.54) is 5.56 Å². The molecule has 1 amide bonds. The minimum absolute atomic E-state index is 0.152. The van der Waals surface area contributed by atoms with Gasteiger partial charge in [-0.25, -0.2) is 0 Å². The van der Waals surface area contributed by atoms with Gasteiger partial charge in [-0.15, -0.1) is 0 Å². The predicted molar refractivity (Wildman–Crippen MR) is 97.6 cm³/mol. The number of nitrogens with zero attached hydrogens (tertiary/aromatic N) is 2. The van der Waals surface area contributed by atoms with Crippen LogP contribution in [0.15, 0.2) is 47.0 Å². The SMILES string of the molecule is Cc1ccc(-c2noc(CCC(=O)Nc3ccc(C)cc3Cl)n2)cc1. The zero-order valence-electron chi connectivity index (χ0n) is 14.0. The highest BCUT2D eigenvalue weighted by Gasteiger charge is 2.11. The summed E-state index contributed by atoms with van der Waals surface area (Å²) in [5.74, 6) is 0.804. The van der Waals surface area contributed by atoms with Crippen LogP contribution in [0.25, 0.3) is 11.4 Å². The molecule has 6 heteroatoms. The smallest absolute Gasteiger partial charge is 0.227 e. The average Bonchev–Trinajstić information content (AvgIpc) is 3.05. The Balaban J connectivity index is 1.58. The van der Waals surface area contributed by atoms with Crippen LogP contribution in [0, 0.1) is 13.8 Å². The first-order chi connectivity index (χ1) is 12.0. The average molecular weight is 356 g/mol. The molecule has 0 atom stereocenters. The molecule has 0 bridgehead atoms. The second kappa shape index (κ2) is 7.49. The Morgan fingerprint density at radius 3 is 2.56 bits per heavy atom. The monoisotopic (exact) mass is 355 g/mol. The van der Waals surface area contributed by atoms with E-state index >= 15 is 0 Å². The number of hydrogen-bond acceptors (Lipinski definition) is 4. The van der Waals surface area contributed by atoms with E-state index in [1.807, 2.05) is 50.2 Å². The first-order valence-corrected chi connectivity index (χ1v) is 8.35. The van der Waals surface area contributed by atoms with Crippen LogP contribution in [0.2, 0.25) is 5.02 Å². The maximum atomic E-state index is 12.1. The highest BCUT2D eigenvalue weighted by atomic mass is 35.5. The van der Waals surface area contributed by atoms with Gasteiger partial charge in [-0.2, -0.15) is 4.98 Å². The number of carbonyl (C=O) groups is 1. The predicted octanol–water partition coefficient (Wildman–Crippen LogP) is 4.58. The molecule has 1 N–H and O–H groups in total. The van der Waals surface area contributed by atoms with Crippen LogP contribution in [0.3, 0.4) is 0 Å². The van der Waals surface area contributed by atoms with Gasteiger partial charge in [0.1, 0.15) is 0 Å². The summed E-state index contributed by atoms with van der Waals surface area (Å²) in [6, 6.07) is 13.4. The number of benzene rings is 2. The zero-order chi connectivity index (χ0) is 17.8. The van der Waals surface area contributed by atoms with E-state index in [1.54, 1.807) is 6.07 Å². The van der Waals surface area contributed by atoms with Crippen LogP contribution < -0.4 is 5.32 Å². The number of hydrogen-bond donors (Lipinski definition) is 1. The van der Waals surface area contributed by atoms with E-state index in [-0.39, 0.29) is 12.3 Å². The Morgan fingerprint density at radius 2 is 1.84 bits per heavy atom. The van der Waals surface area contributed by atoms with Crippen molar-refractivity contribution in [2.75, 3.05) is 5.32 Å². The molecular weight excluding hydrogens is 338 g/mol. The van der Waals surface area contributed by atoms with E-state index in [4.69, 9.17) is 16.1 Å². The zero-order valence-corrected chi connectivity index (χ0v) is 14.8. The summed E-state index contributed by atoms with van der Waals surface area (Å²) >= 11 is 6.12. The Bertz CT molecular complexity index is 888. The molecule has 0 aliphatic carbocycles. The Labute approximate surface area is 151 Å². The Hall–Kier alpha value is -2.66. The van der Waals surface area contributed by atoms with E-state index in [2.05, 4.69) is 15.5 Å². The van der Waals surface area contributed by atoms with Crippen LogP contribution in [-0.4, -0.2) is 16.0 Å². The van der Waals surface area contributed by atoms with Crippen LogP contribution in [0.4, 0.5) is 5.69 Å². The summed E-state index contributed by atoms with van der Waals surface area (Å²) < 4.78 is 5.22. The molecule has 128 valence electrons. The van der Waals surface area contributed by atoms with E-state index in [0.29, 0.717) is 28.8 Å². The second-order valence-corrected chi connectivity index (χ2v) is 6.32. The first-order valence-electron chi connectivity index (χ1n) is 7.97. The van der Waals surface area contributed by atoms with Crippen molar-refractivity contribution in [1.82, 2.24) is 10.1 Å². The minimum atomic E-state index is -0.152. The number of rotatable bonds is 5. The standard InChI is InChI=1S/C19H18ClN3O2/c1-12-3-6-14(7-4-12)19-22-18(25-23-19)10-9-17(24)21-16-8-5-13(2)11-15(16)20/h3-8,11H,9-10H2,1-2H3,(H,21,24). The third-order valence-electron chi connectivity index (χ3n) is 3.74. The van der Waals surface area contributed by atoms with Crippen LogP contribution in [0.5, 0.6) is 0 Å². The molecule has 5 nitrogen and oxygen atoms in total. The Morgan fingerprint density at radius 1 is 1.12 bits per heavy atom. The highest BCUT2D eigenvalue weighted by Crippen LogP contribution is 2.23. The van der Waals surface area contributed by atoms with Crippen LogP contribution in [-0.2, 0) is 11.2 Å². The first kappa shape index (κ1) is 17.2.